The van der Waals surface area contributed by atoms with Gasteiger partial charge in [0.1, 0.15) is 6.61 Å². The van der Waals surface area contributed by atoms with E-state index in [4.69, 9.17) is 4.74 Å². The zero-order valence-corrected chi connectivity index (χ0v) is 12.0. The Bertz CT molecular complexity index is 713. The lowest BCUT2D eigenvalue weighted by molar-refractivity contribution is -0.119. The highest BCUT2D eigenvalue weighted by atomic mass is 32.2. The number of nitrogens with zero attached hydrogens (tertiary/aromatic N) is 1. The number of benzene rings is 1. The number of carbonyl (C=O) groups excluding carboxylic acids is 1. The third-order valence-corrected chi connectivity index (χ3v) is 3.74. The molecule has 112 valence electrons. The number of hydrogen-bond donors (Lipinski definition) is 3. The Morgan fingerprint density at radius 1 is 1.38 bits per heavy atom. The van der Waals surface area contributed by atoms with Crippen molar-refractivity contribution in [2.75, 3.05) is 23.8 Å². The summed E-state index contributed by atoms with van der Waals surface area (Å²) in [6, 6.07) is 6.33. The number of nitrogens with one attached hydrogen (secondary N) is 3. The fraction of sp³-hybridized carbons (Fsp3) is 0.167. The van der Waals surface area contributed by atoms with Crippen molar-refractivity contribution in [2.24, 2.45) is 0 Å². The second kappa shape index (κ2) is 6.37. The van der Waals surface area contributed by atoms with Gasteiger partial charge in [-0.3, -0.25) is 9.52 Å². The Balaban J connectivity index is 2.13. The molecule has 0 radical (unpaired) electrons. The first-order valence-corrected chi connectivity index (χ1v) is 7.39. The molecular weight excluding hydrogens is 296 g/mol. The van der Waals surface area contributed by atoms with E-state index in [1.165, 1.54) is 25.7 Å². The molecule has 0 saturated carbocycles. The van der Waals surface area contributed by atoms with Gasteiger partial charge >= 0.3 is 0 Å². The predicted octanol–water partition coefficient (Wildman–Crippen LogP) is 0.795. The van der Waals surface area contributed by atoms with E-state index in [0.29, 0.717) is 11.4 Å². The number of methoxy groups -OCH3 is 1. The molecule has 21 heavy (non-hydrogen) atoms. The molecule has 2 aromatic rings. The number of aromatic amines is 1. The summed E-state index contributed by atoms with van der Waals surface area (Å²) in [5, 5.41) is 2.54. The molecule has 0 atom stereocenters. The minimum Gasteiger partial charge on any atom is -0.375 e. The van der Waals surface area contributed by atoms with Gasteiger partial charge in [-0.2, -0.15) is 8.42 Å². The van der Waals surface area contributed by atoms with E-state index in [0.717, 1.165) is 0 Å². The van der Waals surface area contributed by atoms with Crippen LogP contribution in [0.2, 0.25) is 0 Å². The number of ether oxygens (including phenoxy) is 1. The van der Waals surface area contributed by atoms with Crippen LogP contribution in [0.1, 0.15) is 0 Å². The van der Waals surface area contributed by atoms with Gasteiger partial charge in [0.15, 0.2) is 5.03 Å². The number of carbonyl (C=O) groups is 1. The average Bonchev–Trinajstić information content (AvgIpc) is 2.93. The summed E-state index contributed by atoms with van der Waals surface area (Å²) >= 11 is 0. The van der Waals surface area contributed by atoms with Gasteiger partial charge in [-0.25, -0.2) is 4.98 Å². The monoisotopic (exact) mass is 310 g/mol. The van der Waals surface area contributed by atoms with E-state index in [1.54, 1.807) is 18.2 Å². The normalized spacial score (nSPS) is 11.1. The number of H-pyrrole nitrogens is 1. The van der Waals surface area contributed by atoms with Gasteiger partial charge < -0.3 is 15.0 Å². The van der Waals surface area contributed by atoms with Gasteiger partial charge in [-0.15, -0.1) is 0 Å². The molecule has 1 aromatic carbocycles. The highest BCUT2D eigenvalue weighted by Gasteiger charge is 2.15. The summed E-state index contributed by atoms with van der Waals surface area (Å²) < 4.78 is 31.1. The first kappa shape index (κ1) is 15.0. The standard InChI is InChI=1S/C12H14N4O4S/c1-20-7-11(17)15-9-3-2-4-10(5-9)16-21(18,19)12-6-13-8-14-12/h2-6,8,16H,7H2,1H3,(H,13,14)(H,15,17). The molecule has 0 bridgehead atoms. The third kappa shape index (κ3) is 4.04. The van der Waals surface area contributed by atoms with Crippen LogP contribution in [0.25, 0.3) is 0 Å². The molecule has 8 nitrogen and oxygen atoms in total. The molecule has 9 heteroatoms. The lowest BCUT2D eigenvalue weighted by atomic mass is 10.3. The predicted molar refractivity (Wildman–Crippen MR) is 76.3 cm³/mol. The van der Waals surface area contributed by atoms with Crippen molar-refractivity contribution in [1.82, 2.24) is 9.97 Å². The zero-order chi connectivity index (χ0) is 15.3. The summed E-state index contributed by atoms with van der Waals surface area (Å²) in [5.41, 5.74) is 0.779. The molecule has 0 unspecified atom stereocenters. The summed E-state index contributed by atoms with van der Waals surface area (Å²) in [4.78, 5) is 17.6. The number of sulfonamides is 1. The first-order chi connectivity index (χ1) is 10.0. The molecular formula is C12H14N4O4S. The summed E-state index contributed by atoms with van der Waals surface area (Å²) in [6.07, 6.45) is 2.47. The van der Waals surface area contributed by atoms with E-state index in [2.05, 4.69) is 20.0 Å². The van der Waals surface area contributed by atoms with Gasteiger partial charge in [0, 0.05) is 12.8 Å². The maximum absolute atomic E-state index is 12.0. The fourth-order valence-corrected chi connectivity index (χ4v) is 2.54. The Morgan fingerprint density at radius 3 is 2.81 bits per heavy atom. The molecule has 0 aliphatic heterocycles. The van der Waals surface area contributed by atoms with Gasteiger partial charge in [0.05, 0.1) is 18.2 Å². The summed E-state index contributed by atoms with van der Waals surface area (Å²) in [6.45, 7) is -0.0793. The van der Waals surface area contributed by atoms with Crippen LogP contribution in [-0.4, -0.2) is 38.0 Å². The van der Waals surface area contributed by atoms with Crippen molar-refractivity contribution >= 4 is 27.3 Å². The van der Waals surface area contributed by atoms with Gasteiger partial charge in [-0.1, -0.05) is 6.07 Å². The molecule has 3 N–H and O–H groups in total. The maximum Gasteiger partial charge on any atom is 0.278 e. The number of rotatable bonds is 6. The Kier molecular flexibility index (Phi) is 4.55. The number of anilines is 2. The second-order valence-corrected chi connectivity index (χ2v) is 5.73. The van der Waals surface area contributed by atoms with Gasteiger partial charge in [0.2, 0.25) is 5.91 Å². The van der Waals surface area contributed by atoms with Crippen molar-refractivity contribution in [2.45, 2.75) is 5.03 Å². The lowest BCUT2D eigenvalue weighted by Crippen LogP contribution is -2.17. The Labute approximate surface area is 121 Å². The molecule has 1 amide bonds. The number of imidazole rings is 1. The van der Waals surface area contributed by atoms with E-state index in [-0.39, 0.29) is 17.5 Å². The largest absolute Gasteiger partial charge is 0.375 e. The molecule has 0 spiro atoms. The van der Waals surface area contributed by atoms with E-state index in [1.807, 2.05) is 0 Å². The molecule has 1 aromatic heterocycles. The molecule has 0 aliphatic carbocycles. The van der Waals surface area contributed by atoms with E-state index in [9.17, 15) is 13.2 Å². The van der Waals surface area contributed by atoms with Crippen LogP contribution in [0.3, 0.4) is 0 Å². The molecule has 0 aliphatic rings. The molecule has 1 heterocycles. The highest BCUT2D eigenvalue weighted by molar-refractivity contribution is 7.92. The van der Waals surface area contributed by atoms with Crippen molar-refractivity contribution in [1.29, 1.82) is 0 Å². The zero-order valence-electron chi connectivity index (χ0n) is 11.2. The van der Waals surface area contributed by atoms with Crippen molar-refractivity contribution in [3.05, 3.63) is 36.8 Å². The van der Waals surface area contributed by atoms with Crippen molar-refractivity contribution in [3.63, 3.8) is 0 Å². The molecule has 2 rings (SSSR count). The number of aromatic nitrogens is 2. The smallest absolute Gasteiger partial charge is 0.278 e. The molecule has 0 saturated heterocycles. The Hall–Kier alpha value is -2.39. The van der Waals surface area contributed by atoms with Crippen LogP contribution >= 0.6 is 0 Å². The van der Waals surface area contributed by atoms with Crippen LogP contribution in [-0.2, 0) is 19.6 Å². The van der Waals surface area contributed by atoms with Crippen molar-refractivity contribution in [3.8, 4) is 0 Å². The highest BCUT2D eigenvalue weighted by Crippen LogP contribution is 2.18. The van der Waals surface area contributed by atoms with Gasteiger partial charge in [0.25, 0.3) is 10.0 Å². The van der Waals surface area contributed by atoms with Crippen molar-refractivity contribution < 1.29 is 17.9 Å². The SMILES string of the molecule is COCC(=O)Nc1cccc(NS(=O)(=O)c2cnc[nH]2)c1. The minimum atomic E-state index is -3.73. The number of hydrogen-bond acceptors (Lipinski definition) is 5. The third-order valence-electron chi connectivity index (χ3n) is 2.44. The fourth-order valence-electron chi connectivity index (χ4n) is 1.59. The quantitative estimate of drug-likeness (QED) is 0.730. The first-order valence-electron chi connectivity index (χ1n) is 5.91. The van der Waals surface area contributed by atoms with Crippen LogP contribution < -0.4 is 10.0 Å². The minimum absolute atomic E-state index is 0.0451. The molecule has 0 fully saturated rings. The average molecular weight is 310 g/mol. The Morgan fingerprint density at radius 2 is 2.14 bits per heavy atom. The topological polar surface area (TPSA) is 113 Å². The number of amides is 1. The summed E-state index contributed by atoms with van der Waals surface area (Å²) in [5.74, 6) is -0.328. The van der Waals surface area contributed by atoms with Crippen LogP contribution in [0.15, 0.2) is 41.8 Å². The maximum atomic E-state index is 12.0. The van der Waals surface area contributed by atoms with Crippen LogP contribution in [0.4, 0.5) is 11.4 Å². The van der Waals surface area contributed by atoms with E-state index >= 15 is 0 Å². The van der Waals surface area contributed by atoms with Crippen LogP contribution in [0, 0.1) is 0 Å². The summed E-state index contributed by atoms with van der Waals surface area (Å²) in [7, 11) is -2.32. The lowest BCUT2D eigenvalue weighted by Gasteiger charge is -2.09. The van der Waals surface area contributed by atoms with Gasteiger partial charge in [-0.05, 0) is 18.2 Å². The van der Waals surface area contributed by atoms with Crippen LogP contribution in [0.5, 0.6) is 0 Å². The second-order valence-electron chi connectivity index (χ2n) is 4.08. The van der Waals surface area contributed by atoms with E-state index < -0.39 is 10.0 Å².